The van der Waals surface area contributed by atoms with Crippen LogP contribution in [0.15, 0.2) is 10.6 Å². The quantitative estimate of drug-likeness (QED) is 0.725. The van der Waals surface area contributed by atoms with E-state index in [-0.39, 0.29) is 17.3 Å². The first-order chi connectivity index (χ1) is 10.1. The van der Waals surface area contributed by atoms with Crippen molar-refractivity contribution in [2.75, 3.05) is 28.6 Å². The van der Waals surface area contributed by atoms with Gasteiger partial charge in [0, 0.05) is 12.1 Å². The highest BCUT2D eigenvalue weighted by atomic mass is 32.2. The maximum atomic E-state index is 12.0. The molecule has 0 saturated carbocycles. The molecule has 124 valence electrons. The van der Waals surface area contributed by atoms with Crippen molar-refractivity contribution in [3.05, 3.63) is 11.8 Å². The summed E-state index contributed by atoms with van der Waals surface area (Å²) >= 11 is 0. The summed E-state index contributed by atoms with van der Waals surface area (Å²) in [6.07, 6.45) is 1.28. The van der Waals surface area contributed by atoms with Crippen LogP contribution in [0.1, 0.15) is 12.2 Å². The Hall–Kier alpha value is -1.62. The van der Waals surface area contributed by atoms with Crippen LogP contribution in [0.3, 0.4) is 0 Å². The second-order valence-corrected chi connectivity index (χ2v) is 9.37. The molecule has 2 rings (SSSR count). The highest BCUT2D eigenvalue weighted by Crippen LogP contribution is 2.17. The van der Waals surface area contributed by atoms with Gasteiger partial charge in [0.1, 0.15) is 12.3 Å². The molecule has 1 unspecified atom stereocenters. The Labute approximate surface area is 128 Å². The van der Waals surface area contributed by atoms with Crippen molar-refractivity contribution < 1.29 is 26.2 Å². The lowest BCUT2D eigenvalue weighted by Crippen LogP contribution is -2.44. The first-order valence-corrected chi connectivity index (χ1v) is 10.1. The summed E-state index contributed by atoms with van der Waals surface area (Å²) in [4.78, 5) is 12.0. The third kappa shape index (κ3) is 4.19. The smallest absolute Gasteiger partial charge is 0.241 e. The van der Waals surface area contributed by atoms with Crippen molar-refractivity contribution in [3.63, 3.8) is 0 Å². The number of sulfonamides is 1. The van der Waals surface area contributed by atoms with Crippen molar-refractivity contribution in [1.29, 1.82) is 0 Å². The molecule has 1 N–H and O–H groups in total. The van der Waals surface area contributed by atoms with Crippen molar-refractivity contribution >= 4 is 31.6 Å². The fourth-order valence-corrected chi connectivity index (χ4v) is 4.60. The van der Waals surface area contributed by atoms with Gasteiger partial charge in [-0.3, -0.25) is 4.79 Å². The molecule has 0 aromatic carbocycles. The van der Waals surface area contributed by atoms with Crippen LogP contribution < -0.4 is 9.62 Å². The summed E-state index contributed by atoms with van der Waals surface area (Å²) < 4.78 is 51.9. The Balaban J connectivity index is 2.07. The van der Waals surface area contributed by atoms with Gasteiger partial charge < -0.3 is 9.84 Å². The highest BCUT2D eigenvalue weighted by Gasteiger charge is 2.30. The molecule has 1 aliphatic rings. The van der Waals surface area contributed by atoms with Gasteiger partial charge in [0.2, 0.25) is 15.9 Å². The van der Waals surface area contributed by atoms with E-state index in [0.29, 0.717) is 12.2 Å². The molecule has 1 aromatic heterocycles. The molecule has 0 radical (unpaired) electrons. The topological polar surface area (TPSA) is 127 Å². The van der Waals surface area contributed by atoms with Crippen molar-refractivity contribution in [2.45, 2.75) is 19.4 Å². The van der Waals surface area contributed by atoms with Gasteiger partial charge >= 0.3 is 0 Å². The normalized spacial score (nSPS) is 20.7. The Kier molecular flexibility index (Phi) is 4.47. The Morgan fingerprint density at radius 2 is 2.23 bits per heavy atom. The van der Waals surface area contributed by atoms with Gasteiger partial charge in [0.25, 0.3) is 0 Å². The SMILES string of the molecule is Cc1cc(N(CC(=O)NC2CCS(=O)(=O)C2)S(C)(=O)=O)no1. The number of hydrogen-bond acceptors (Lipinski definition) is 7. The molecule has 11 heteroatoms. The number of sulfone groups is 1. The zero-order valence-electron chi connectivity index (χ0n) is 12.1. The van der Waals surface area contributed by atoms with E-state index in [1.165, 1.54) is 6.07 Å². The van der Waals surface area contributed by atoms with E-state index in [4.69, 9.17) is 4.52 Å². The largest absolute Gasteiger partial charge is 0.360 e. The number of nitrogens with one attached hydrogen (secondary N) is 1. The monoisotopic (exact) mass is 351 g/mol. The number of nitrogens with zero attached hydrogens (tertiary/aromatic N) is 2. The lowest BCUT2D eigenvalue weighted by Gasteiger charge is -2.19. The molecular formula is C11H17N3O6S2. The summed E-state index contributed by atoms with van der Waals surface area (Å²) in [5.41, 5.74) is 0. The molecule has 2 heterocycles. The highest BCUT2D eigenvalue weighted by molar-refractivity contribution is 7.92. The predicted molar refractivity (Wildman–Crippen MR) is 78.6 cm³/mol. The summed E-state index contributed by atoms with van der Waals surface area (Å²) in [7, 11) is -6.85. The molecule has 0 spiro atoms. The molecule has 1 amide bonds. The molecule has 1 aliphatic heterocycles. The van der Waals surface area contributed by atoms with Crippen LogP contribution in [0.5, 0.6) is 0 Å². The van der Waals surface area contributed by atoms with Crippen molar-refractivity contribution in [1.82, 2.24) is 10.5 Å². The molecule has 22 heavy (non-hydrogen) atoms. The van der Waals surface area contributed by atoms with Crippen LogP contribution in [0.2, 0.25) is 0 Å². The van der Waals surface area contributed by atoms with E-state index in [1.54, 1.807) is 6.92 Å². The Morgan fingerprint density at radius 3 is 2.68 bits per heavy atom. The average molecular weight is 351 g/mol. The third-order valence-electron chi connectivity index (χ3n) is 3.16. The van der Waals surface area contributed by atoms with E-state index in [1.807, 2.05) is 0 Å². The number of amides is 1. The van der Waals surface area contributed by atoms with E-state index < -0.39 is 38.4 Å². The molecule has 9 nitrogen and oxygen atoms in total. The van der Waals surface area contributed by atoms with Crippen LogP contribution in [0.25, 0.3) is 0 Å². The maximum Gasteiger partial charge on any atom is 0.241 e. The van der Waals surface area contributed by atoms with E-state index in [0.717, 1.165) is 10.6 Å². The van der Waals surface area contributed by atoms with Crippen LogP contribution >= 0.6 is 0 Å². The zero-order chi connectivity index (χ0) is 16.5. The number of carbonyl (C=O) groups is 1. The minimum absolute atomic E-state index is 0.00851. The molecule has 1 aromatic rings. The summed E-state index contributed by atoms with van der Waals surface area (Å²) in [6, 6.07) is 0.909. The minimum atomic E-state index is -3.72. The second-order valence-electron chi connectivity index (χ2n) is 5.23. The maximum absolute atomic E-state index is 12.0. The first-order valence-electron chi connectivity index (χ1n) is 6.48. The summed E-state index contributed by atoms with van der Waals surface area (Å²) in [5.74, 6) is -0.273. The van der Waals surface area contributed by atoms with Gasteiger partial charge in [-0.2, -0.15) is 0 Å². The molecule has 1 saturated heterocycles. The van der Waals surface area contributed by atoms with Gasteiger partial charge in [-0.05, 0) is 13.3 Å². The standard InChI is InChI=1S/C11H17N3O6S2/c1-8-5-10(13-20-8)14(21(2,16)17)6-11(15)12-9-3-4-22(18,19)7-9/h5,9H,3-4,6-7H2,1-2H3,(H,12,15). The molecule has 0 aliphatic carbocycles. The van der Waals surface area contributed by atoms with Gasteiger partial charge in [0.05, 0.1) is 17.8 Å². The Bertz CT molecular complexity index is 768. The number of anilines is 1. The third-order valence-corrected chi connectivity index (χ3v) is 6.04. The van der Waals surface area contributed by atoms with E-state index >= 15 is 0 Å². The lowest BCUT2D eigenvalue weighted by molar-refractivity contribution is -0.120. The van der Waals surface area contributed by atoms with Crippen LogP contribution in [0, 0.1) is 6.92 Å². The van der Waals surface area contributed by atoms with Gasteiger partial charge in [-0.25, -0.2) is 21.1 Å². The van der Waals surface area contributed by atoms with E-state index in [9.17, 15) is 21.6 Å². The summed E-state index contributed by atoms with van der Waals surface area (Å²) in [6.45, 7) is 1.11. The Morgan fingerprint density at radius 1 is 1.55 bits per heavy atom. The van der Waals surface area contributed by atoms with Crippen LogP contribution in [0.4, 0.5) is 5.82 Å². The number of rotatable bonds is 5. The van der Waals surface area contributed by atoms with Gasteiger partial charge in [0.15, 0.2) is 15.7 Å². The zero-order valence-corrected chi connectivity index (χ0v) is 13.8. The van der Waals surface area contributed by atoms with Gasteiger partial charge in [-0.15, -0.1) is 0 Å². The fourth-order valence-electron chi connectivity index (χ4n) is 2.15. The molecule has 0 bridgehead atoms. The number of carbonyl (C=O) groups excluding carboxylic acids is 1. The second kappa shape index (κ2) is 5.88. The predicted octanol–water partition coefficient (Wildman–Crippen LogP) is -0.948. The molecular weight excluding hydrogens is 334 g/mol. The fraction of sp³-hybridized carbons (Fsp3) is 0.636. The van der Waals surface area contributed by atoms with Crippen molar-refractivity contribution in [2.24, 2.45) is 0 Å². The molecule has 1 fully saturated rings. The van der Waals surface area contributed by atoms with Crippen molar-refractivity contribution in [3.8, 4) is 0 Å². The van der Waals surface area contributed by atoms with Gasteiger partial charge in [-0.1, -0.05) is 5.16 Å². The van der Waals surface area contributed by atoms with E-state index in [2.05, 4.69) is 10.5 Å². The number of hydrogen-bond donors (Lipinski definition) is 1. The number of aryl methyl sites for hydroxylation is 1. The van der Waals surface area contributed by atoms with Crippen LogP contribution in [-0.2, 0) is 24.7 Å². The number of aromatic nitrogens is 1. The molecule has 1 atom stereocenters. The minimum Gasteiger partial charge on any atom is -0.360 e. The lowest BCUT2D eigenvalue weighted by atomic mass is 10.2. The summed E-state index contributed by atoms with van der Waals surface area (Å²) in [5, 5.41) is 6.12. The average Bonchev–Trinajstić information content (AvgIpc) is 2.91. The first kappa shape index (κ1) is 16.7. The van der Waals surface area contributed by atoms with Crippen LogP contribution in [-0.4, -0.2) is 58.2 Å².